The molecule has 0 spiro atoms. The number of rotatable bonds is 0. The zero-order valence-corrected chi connectivity index (χ0v) is 6.45. The molecule has 0 heterocycles. The largest absolute Gasteiger partial charge is 3.00 e. The van der Waals surface area contributed by atoms with Gasteiger partial charge in [-0.1, -0.05) is 0 Å². The second-order valence-electron chi connectivity index (χ2n) is 0. The van der Waals surface area contributed by atoms with Gasteiger partial charge in [0.1, 0.15) is 0 Å². The average molecular weight is 57.8 g/mol. The molecule has 1 radical (unpaired) electrons. The molecule has 0 atom stereocenters. The van der Waals surface area contributed by atoms with Gasteiger partial charge in [0.05, 0.1) is 0 Å². The summed E-state index contributed by atoms with van der Waals surface area (Å²) in [6.45, 7) is 0. The van der Waals surface area contributed by atoms with Gasteiger partial charge in [0.15, 0.2) is 0 Å². The van der Waals surface area contributed by atoms with Crippen molar-refractivity contribution in [3.63, 3.8) is 0 Å². The van der Waals surface area contributed by atoms with E-state index in [0.717, 1.165) is 0 Å². The summed E-state index contributed by atoms with van der Waals surface area (Å²) in [5.41, 5.74) is 0. The minimum absolute atomic E-state index is 0. The van der Waals surface area contributed by atoms with Gasteiger partial charge < -0.3 is 6.15 Å². The van der Waals surface area contributed by atoms with Crippen molar-refractivity contribution in [2.24, 2.45) is 0 Å². The zero-order chi connectivity index (χ0) is 0. The fourth-order valence-electron chi connectivity index (χ4n) is 0. The first-order valence-electron chi connectivity index (χ1n) is 0. The van der Waals surface area contributed by atoms with Crippen LogP contribution in [0.15, 0.2) is 0 Å². The van der Waals surface area contributed by atoms with E-state index in [0.29, 0.717) is 0 Å². The summed E-state index contributed by atoms with van der Waals surface area (Å²) in [6.07, 6.45) is 0. The van der Waals surface area contributed by atoms with Crippen molar-refractivity contribution in [1.29, 1.82) is 0 Å². The van der Waals surface area contributed by atoms with Crippen molar-refractivity contribution in [2.75, 3.05) is 0 Å². The maximum atomic E-state index is 0. The Hall–Kier alpha value is 2.75. The van der Waals surface area contributed by atoms with Gasteiger partial charge in [0, 0.05) is 29.6 Å². The van der Waals surface area contributed by atoms with Crippen molar-refractivity contribution in [2.45, 2.75) is 0 Å². The zero-order valence-electron chi connectivity index (χ0n) is 4.45. The topological polar surface area (TPSA) is 30.5 Å². The SMILES string of the molecule is [Li+].[Li+].[Li+].[N-3].[Na]. The van der Waals surface area contributed by atoms with Gasteiger partial charge in [-0.05, 0) is 0 Å². The fraction of sp³-hybridized carbons (Fsp3) is 0. The Kier molecular flexibility index (Phi) is 275. The van der Waals surface area contributed by atoms with E-state index in [2.05, 4.69) is 0 Å². The van der Waals surface area contributed by atoms with Crippen LogP contribution < -0.4 is 56.6 Å². The van der Waals surface area contributed by atoms with Crippen LogP contribution in [-0.2, 0) is 0 Å². The summed E-state index contributed by atoms with van der Waals surface area (Å²) >= 11 is 0. The molecule has 0 fully saturated rings. The van der Waals surface area contributed by atoms with Gasteiger partial charge >= 0.3 is 56.6 Å². The summed E-state index contributed by atoms with van der Waals surface area (Å²) in [5, 5.41) is 0. The standard InChI is InChI=1S/3Li.N.Na/q3*+1;-3;. The first-order valence-corrected chi connectivity index (χ1v) is 0. The van der Waals surface area contributed by atoms with Crippen molar-refractivity contribution < 1.29 is 56.6 Å². The summed E-state index contributed by atoms with van der Waals surface area (Å²) in [4.78, 5) is 0. The van der Waals surface area contributed by atoms with Crippen molar-refractivity contribution in [3.8, 4) is 0 Å². The third-order valence-electron chi connectivity index (χ3n) is 0. The maximum Gasteiger partial charge on any atom is 1.00 e. The number of nitrogens with zero attached hydrogens (tertiary/aromatic N) is 1. The summed E-state index contributed by atoms with van der Waals surface area (Å²) < 4.78 is 0. The molecule has 0 saturated carbocycles. The summed E-state index contributed by atoms with van der Waals surface area (Å²) in [6, 6.07) is 0. The van der Waals surface area contributed by atoms with Crippen LogP contribution in [0.4, 0.5) is 0 Å². The third-order valence-corrected chi connectivity index (χ3v) is 0. The van der Waals surface area contributed by atoms with Gasteiger partial charge in [-0.25, -0.2) is 0 Å². The second-order valence-corrected chi connectivity index (χ2v) is 0. The molecule has 0 bridgehead atoms. The smallest absolute Gasteiger partial charge is 1.00 e. The molecule has 0 aromatic heterocycles. The molecule has 5 heteroatoms. The van der Waals surface area contributed by atoms with E-state index in [1.165, 1.54) is 0 Å². The van der Waals surface area contributed by atoms with Crippen molar-refractivity contribution in [1.82, 2.24) is 0 Å². The van der Waals surface area contributed by atoms with Crippen LogP contribution in [0.2, 0.25) is 0 Å². The average Bonchev–Trinajstić information content (AvgIpc) is 0. The Morgan fingerprint density at radius 3 is 0.600 bits per heavy atom. The van der Waals surface area contributed by atoms with Crippen LogP contribution in [-0.4, -0.2) is 29.6 Å². The first-order chi connectivity index (χ1) is 0. The molecule has 0 rings (SSSR count). The van der Waals surface area contributed by atoms with Gasteiger partial charge in [-0.2, -0.15) is 0 Å². The molecule has 0 aliphatic rings. The molecule has 0 aromatic rings. The van der Waals surface area contributed by atoms with E-state index >= 15 is 0 Å². The molecule has 0 aliphatic carbocycles. The Bertz CT molecular complexity index is 6.85. The Labute approximate surface area is 90.8 Å². The quantitative estimate of drug-likeness (QED) is 0.248. The summed E-state index contributed by atoms with van der Waals surface area (Å²) in [5.74, 6) is 0. The van der Waals surface area contributed by atoms with Gasteiger partial charge in [0.25, 0.3) is 0 Å². The predicted molar refractivity (Wildman–Crippen MR) is 9.11 cm³/mol. The first kappa shape index (κ1) is 46.7. The molecule has 0 N–H and O–H groups in total. The van der Waals surface area contributed by atoms with E-state index in [1.54, 1.807) is 0 Å². The van der Waals surface area contributed by atoms with Crippen LogP contribution in [0, 0.1) is 0 Å². The van der Waals surface area contributed by atoms with Crippen molar-refractivity contribution in [3.05, 3.63) is 6.15 Å². The van der Waals surface area contributed by atoms with E-state index in [-0.39, 0.29) is 92.3 Å². The summed E-state index contributed by atoms with van der Waals surface area (Å²) in [7, 11) is 0. The van der Waals surface area contributed by atoms with Gasteiger partial charge in [-0.15, -0.1) is 0 Å². The molecule has 0 aromatic carbocycles. The third kappa shape index (κ3) is 20.1. The van der Waals surface area contributed by atoms with Gasteiger partial charge in [0.2, 0.25) is 0 Å². The molecule has 5 heavy (non-hydrogen) atoms. The normalized spacial score (nSPS) is 0. The minimum Gasteiger partial charge on any atom is -3.00 e. The molecular weight excluding hydrogens is 57.8 g/mol. The van der Waals surface area contributed by atoms with Crippen molar-refractivity contribution >= 4 is 29.6 Å². The Morgan fingerprint density at radius 2 is 0.600 bits per heavy atom. The Balaban J connectivity index is 0. The van der Waals surface area contributed by atoms with E-state index in [4.69, 9.17) is 0 Å². The molecule has 9 valence electrons. The number of hydrogen-bond acceptors (Lipinski definition) is 0. The molecule has 1 nitrogen and oxygen atoms in total. The van der Waals surface area contributed by atoms with Crippen LogP contribution in [0.1, 0.15) is 0 Å². The second kappa shape index (κ2) is 29.5. The molecule has 0 aliphatic heterocycles. The Morgan fingerprint density at radius 1 is 0.600 bits per heavy atom. The molecular formula is Li3NNa. The van der Waals surface area contributed by atoms with E-state index in [1.807, 2.05) is 0 Å². The van der Waals surface area contributed by atoms with Gasteiger partial charge in [-0.3, -0.25) is 0 Å². The minimum atomic E-state index is 0. The van der Waals surface area contributed by atoms with Crippen LogP contribution >= 0.6 is 0 Å². The molecule has 0 amide bonds. The fourth-order valence-corrected chi connectivity index (χ4v) is 0. The van der Waals surface area contributed by atoms with E-state index < -0.39 is 0 Å². The van der Waals surface area contributed by atoms with Crippen LogP contribution in [0.5, 0.6) is 0 Å². The van der Waals surface area contributed by atoms with E-state index in [9.17, 15) is 0 Å². The van der Waals surface area contributed by atoms with Crippen LogP contribution in [0.3, 0.4) is 0 Å². The van der Waals surface area contributed by atoms with Crippen LogP contribution in [0.25, 0.3) is 6.15 Å². The monoisotopic (exact) mass is 58.0 g/mol. The predicted octanol–water partition coefficient (Wildman–Crippen LogP) is -9.08. The maximum absolute atomic E-state index is 0. The number of hydrogen-bond donors (Lipinski definition) is 0. The molecule has 0 saturated heterocycles. The molecule has 0 unspecified atom stereocenters.